The Labute approximate surface area is 113 Å². The van der Waals surface area contributed by atoms with E-state index in [-0.39, 0.29) is 11.5 Å². The van der Waals surface area contributed by atoms with Gasteiger partial charge in [-0.3, -0.25) is 0 Å². The number of benzene rings is 1. The summed E-state index contributed by atoms with van der Waals surface area (Å²) < 4.78 is 44.8. The van der Waals surface area contributed by atoms with E-state index in [0.717, 1.165) is 6.07 Å². The van der Waals surface area contributed by atoms with Gasteiger partial charge in [-0.2, -0.15) is 0 Å². The maximum absolute atomic E-state index is 13.0. The zero-order chi connectivity index (χ0) is 14.5. The molecule has 19 heavy (non-hydrogen) atoms. The lowest BCUT2D eigenvalue weighted by Gasteiger charge is -2.18. The van der Waals surface area contributed by atoms with Crippen LogP contribution in [-0.4, -0.2) is 34.7 Å². The molecule has 0 heterocycles. The molecule has 0 aliphatic carbocycles. The number of aryl methyl sites for hydroxylation is 1. The van der Waals surface area contributed by atoms with Crippen LogP contribution in [0.4, 0.5) is 4.39 Å². The van der Waals surface area contributed by atoms with Crippen LogP contribution in [0.5, 0.6) is 0 Å². The Kier molecular flexibility index (Phi) is 5.86. The molecule has 1 aromatic carbocycles. The molecular weight excluding hydrogens is 271 g/mol. The standard InChI is InChI=1S/C12H19FN2O3S/c1-9-7-10(13)3-4-12(9)19(16,17)15-11(5-6-14)8-18-2/h3-4,7,11,15H,5-6,8,14H2,1-2H3. The molecule has 0 aliphatic rings. The lowest BCUT2D eigenvalue weighted by molar-refractivity contribution is 0.172. The third-order valence-electron chi connectivity index (χ3n) is 2.63. The monoisotopic (exact) mass is 290 g/mol. The van der Waals surface area contributed by atoms with Crippen LogP contribution in [0, 0.1) is 12.7 Å². The van der Waals surface area contributed by atoms with E-state index in [1.807, 2.05) is 0 Å². The molecule has 1 rings (SSSR count). The molecule has 108 valence electrons. The van der Waals surface area contributed by atoms with Gasteiger partial charge in [-0.1, -0.05) is 0 Å². The Bertz CT molecular complexity index is 514. The Morgan fingerprint density at radius 2 is 2.16 bits per heavy atom. The van der Waals surface area contributed by atoms with Gasteiger partial charge in [0.2, 0.25) is 10.0 Å². The van der Waals surface area contributed by atoms with Crippen molar-refractivity contribution in [3.8, 4) is 0 Å². The van der Waals surface area contributed by atoms with Gasteiger partial charge in [0.15, 0.2) is 0 Å². The van der Waals surface area contributed by atoms with Crippen LogP contribution in [0.15, 0.2) is 23.1 Å². The lowest BCUT2D eigenvalue weighted by Crippen LogP contribution is -2.39. The first-order valence-electron chi connectivity index (χ1n) is 5.88. The first-order chi connectivity index (χ1) is 8.90. The molecule has 1 unspecified atom stereocenters. The van der Waals surface area contributed by atoms with Crippen molar-refractivity contribution in [3.63, 3.8) is 0 Å². The summed E-state index contributed by atoms with van der Waals surface area (Å²) in [5.41, 5.74) is 5.78. The molecule has 0 radical (unpaired) electrons. The summed E-state index contributed by atoms with van der Waals surface area (Å²) >= 11 is 0. The highest BCUT2D eigenvalue weighted by Gasteiger charge is 2.21. The van der Waals surface area contributed by atoms with Gasteiger partial charge in [0.25, 0.3) is 0 Å². The highest BCUT2D eigenvalue weighted by molar-refractivity contribution is 7.89. The third-order valence-corrected chi connectivity index (χ3v) is 4.31. The van der Waals surface area contributed by atoms with E-state index in [1.54, 1.807) is 6.92 Å². The molecule has 0 aromatic heterocycles. The van der Waals surface area contributed by atoms with Crippen molar-refractivity contribution < 1.29 is 17.5 Å². The topological polar surface area (TPSA) is 81.4 Å². The van der Waals surface area contributed by atoms with Crippen LogP contribution in [-0.2, 0) is 14.8 Å². The largest absolute Gasteiger partial charge is 0.383 e. The van der Waals surface area contributed by atoms with Crippen molar-refractivity contribution in [2.45, 2.75) is 24.3 Å². The fourth-order valence-corrected chi connectivity index (χ4v) is 3.26. The second kappa shape index (κ2) is 6.95. The van der Waals surface area contributed by atoms with Crippen LogP contribution < -0.4 is 10.5 Å². The molecule has 0 amide bonds. The van der Waals surface area contributed by atoms with Gasteiger partial charge in [0, 0.05) is 13.2 Å². The smallest absolute Gasteiger partial charge is 0.241 e. The van der Waals surface area contributed by atoms with E-state index in [1.165, 1.54) is 19.2 Å². The van der Waals surface area contributed by atoms with Crippen LogP contribution >= 0.6 is 0 Å². The highest BCUT2D eigenvalue weighted by atomic mass is 32.2. The minimum Gasteiger partial charge on any atom is -0.383 e. The molecular formula is C12H19FN2O3S. The second-order valence-corrected chi connectivity index (χ2v) is 5.94. The maximum atomic E-state index is 13.0. The first kappa shape index (κ1) is 16.0. The van der Waals surface area contributed by atoms with E-state index in [0.29, 0.717) is 18.5 Å². The van der Waals surface area contributed by atoms with Gasteiger partial charge in [-0.05, 0) is 43.7 Å². The van der Waals surface area contributed by atoms with Crippen molar-refractivity contribution in [1.82, 2.24) is 4.72 Å². The molecule has 1 aromatic rings. The summed E-state index contributed by atoms with van der Waals surface area (Å²) in [6.45, 7) is 2.13. The summed E-state index contributed by atoms with van der Waals surface area (Å²) in [5.74, 6) is -0.466. The van der Waals surface area contributed by atoms with E-state index >= 15 is 0 Å². The Hall–Kier alpha value is -1.02. The van der Waals surface area contributed by atoms with Crippen molar-refractivity contribution in [3.05, 3.63) is 29.6 Å². The first-order valence-corrected chi connectivity index (χ1v) is 7.36. The van der Waals surface area contributed by atoms with Gasteiger partial charge in [-0.25, -0.2) is 17.5 Å². The normalized spacial score (nSPS) is 13.5. The van der Waals surface area contributed by atoms with Crippen molar-refractivity contribution in [1.29, 1.82) is 0 Å². The van der Waals surface area contributed by atoms with Gasteiger partial charge in [0.05, 0.1) is 11.5 Å². The number of hydrogen-bond donors (Lipinski definition) is 2. The maximum Gasteiger partial charge on any atom is 0.241 e. The number of hydrogen-bond acceptors (Lipinski definition) is 4. The van der Waals surface area contributed by atoms with Gasteiger partial charge in [-0.15, -0.1) is 0 Å². The predicted octanol–water partition coefficient (Wildman–Crippen LogP) is 0.776. The van der Waals surface area contributed by atoms with Crippen LogP contribution in [0.25, 0.3) is 0 Å². The number of methoxy groups -OCH3 is 1. The van der Waals surface area contributed by atoms with Gasteiger partial charge in [0.1, 0.15) is 5.82 Å². The Morgan fingerprint density at radius 1 is 1.47 bits per heavy atom. The average Bonchev–Trinajstić information content (AvgIpc) is 2.28. The fourth-order valence-electron chi connectivity index (χ4n) is 1.78. The average molecular weight is 290 g/mol. The molecule has 0 fully saturated rings. The lowest BCUT2D eigenvalue weighted by atomic mass is 10.2. The Balaban J connectivity index is 2.96. The molecule has 0 aliphatic heterocycles. The van der Waals surface area contributed by atoms with Gasteiger partial charge < -0.3 is 10.5 Å². The van der Waals surface area contributed by atoms with Crippen molar-refractivity contribution in [2.24, 2.45) is 5.73 Å². The van der Waals surface area contributed by atoms with E-state index in [9.17, 15) is 12.8 Å². The molecule has 3 N–H and O–H groups in total. The van der Waals surface area contributed by atoms with E-state index in [4.69, 9.17) is 10.5 Å². The van der Waals surface area contributed by atoms with Crippen LogP contribution in [0.3, 0.4) is 0 Å². The zero-order valence-corrected chi connectivity index (χ0v) is 11.8. The molecule has 0 bridgehead atoms. The molecule has 0 saturated heterocycles. The fraction of sp³-hybridized carbons (Fsp3) is 0.500. The highest BCUT2D eigenvalue weighted by Crippen LogP contribution is 2.16. The van der Waals surface area contributed by atoms with Crippen LogP contribution in [0.2, 0.25) is 0 Å². The van der Waals surface area contributed by atoms with Crippen molar-refractivity contribution >= 4 is 10.0 Å². The van der Waals surface area contributed by atoms with E-state index < -0.39 is 21.9 Å². The number of rotatable bonds is 7. The van der Waals surface area contributed by atoms with Gasteiger partial charge >= 0.3 is 0 Å². The summed E-state index contributed by atoms with van der Waals surface area (Å²) in [6, 6.07) is 3.15. The second-order valence-electron chi connectivity index (χ2n) is 4.26. The summed E-state index contributed by atoms with van der Waals surface area (Å²) in [5, 5.41) is 0. The van der Waals surface area contributed by atoms with Crippen LogP contribution in [0.1, 0.15) is 12.0 Å². The third kappa shape index (κ3) is 4.54. The number of ether oxygens (including phenoxy) is 1. The number of nitrogens with one attached hydrogen (secondary N) is 1. The quantitative estimate of drug-likeness (QED) is 0.777. The van der Waals surface area contributed by atoms with E-state index in [2.05, 4.69) is 4.72 Å². The summed E-state index contributed by atoms with van der Waals surface area (Å²) in [6.07, 6.45) is 0.466. The molecule has 1 atom stereocenters. The summed E-state index contributed by atoms with van der Waals surface area (Å²) in [4.78, 5) is 0.0621. The molecule has 0 spiro atoms. The zero-order valence-electron chi connectivity index (χ0n) is 11.0. The number of nitrogens with two attached hydrogens (primary N) is 1. The number of halogens is 1. The predicted molar refractivity (Wildman–Crippen MR) is 70.8 cm³/mol. The minimum atomic E-state index is -3.70. The molecule has 5 nitrogen and oxygen atoms in total. The van der Waals surface area contributed by atoms with Crippen molar-refractivity contribution in [2.75, 3.05) is 20.3 Å². The SMILES string of the molecule is COCC(CCN)NS(=O)(=O)c1ccc(F)cc1C. The molecule has 7 heteroatoms. The Morgan fingerprint density at radius 3 is 2.68 bits per heavy atom. The molecule has 0 saturated carbocycles. The number of sulfonamides is 1. The summed E-state index contributed by atoms with van der Waals surface area (Å²) in [7, 11) is -2.22. The minimum absolute atomic E-state index is 0.0621.